The lowest BCUT2D eigenvalue weighted by molar-refractivity contribution is -0.132. The first-order valence-electron chi connectivity index (χ1n) is 9.22. The van der Waals surface area contributed by atoms with Gasteiger partial charge in [-0.15, -0.1) is 0 Å². The Morgan fingerprint density at radius 1 is 1.16 bits per heavy atom. The van der Waals surface area contributed by atoms with Gasteiger partial charge in [0.1, 0.15) is 0 Å². The van der Waals surface area contributed by atoms with Gasteiger partial charge in [0.2, 0.25) is 5.91 Å². The lowest BCUT2D eigenvalue weighted by Crippen LogP contribution is -2.61. The van der Waals surface area contributed by atoms with Crippen LogP contribution in [-0.2, 0) is 4.79 Å². The summed E-state index contributed by atoms with van der Waals surface area (Å²) in [4.78, 5) is 19.4. The lowest BCUT2D eigenvalue weighted by Gasteiger charge is -2.44. The number of aryl methyl sites for hydroxylation is 1. The van der Waals surface area contributed by atoms with Crippen LogP contribution in [-0.4, -0.2) is 74.6 Å². The first-order valence-corrected chi connectivity index (χ1v) is 9.22. The van der Waals surface area contributed by atoms with Crippen molar-refractivity contribution in [1.29, 1.82) is 0 Å². The fourth-order valence-corrected chi connectivity index (χ4v) is 3.34. The number of carbonyl (C=O) groups excluding carboxylic acids is 1. The van der Waals surface area contributed by atoms with Crippen molar-refractivity contribution < 1.29 is 4.79 Å². The number of hydrogen-bond donors (Lipinski definition) is 1. The molecule has 5 nitrogen and oxygen atoms in total. The van der Waals surface area contributed by atoms with Crippen LogP contribution in [0.3, 0.4) is 0 Å². The summed E-state index contributed by atoms with van der Waals surface area (Å²) >= 11 is 0. The smallest absolute Gasteiger partial charge is 0.240 e. The third-order valence-corrected chi connectivity index (χ3v) is 5.39. The fraction of sp³-hybridized carbons (Fsp3) is 0.650. The van der Waals surface area contributed by atoms with Crippen LogP contribution in [0.15, 0.2) is 18.2 Å². The number of piperazine rings is 1. The summed E-state index contributed by atoms with van der Waals surface area (Å²) in [5.41, 5.74) is 3.55. The average molecular weight is 347 g/mol. The number of likely N-dealkylation sites (N-methyl/N-ethyl adjacent to an activating group) is 1. The zero-order chi connectivity index (χ0) is 18.6. The van der Waals surface area contributed by atoms with E-state index in [1.807, 2.05) is 27.9 Å². The number of carbonyl (C=O) groups is 1. The van der Waals surface area contributed by atoms with E-state index in [2.05, 4.69) is 52.1 Å². The van der Waals surface area contributed by atoms with Crippen LogP contribution in [0.2, 0.25) is 0 Å². The number of anilines is 1. The maximum Gasteiger partial charge on any atom is 0.240 e. The van der Waals surface area contributed by atoms with E-state index < -0.39 is 5.54 Å². The summed E-state index contributed by atoms with van der Waals surface area (Å²) in [6, 6.07) is 6.50. The van der Waals surface area contributed by atoms with Gasteiger partial charge >= 0.3 is 0 Å². The van der Waals surface area contributed by atoms with Crippen molar-refractivity contribution in [2.24, 2.45) is 0 Å². The Labute approximate surface area is 153 Å². The second-order valence-corrected chi connectivity index (χ2v) is 7.81. The van der Waals surface area contributed by atoms with Crippen molar-refractivity contribution in [3.63, 3.8) is 0 Å². The number of nitrogens with one attached hydrogen (secondary N) is 1. The van der Waals surface area contributed by atoms with E-state index in [-0.39, 0.29) is 5.91 Å². The zero-order valence-electron chi connectivity index (χ0n) is 16.7. The van der Waals surface area contributed by atoms with Gasteiger partial charge in [-0.2, -0.15) is 0 Å². The molecule has 0 atom stereocenters. The molecule has 0 spiro atoms. The van der Waals surface area contributed by atoms with Crippen LogP contribution in [0.1, 0.15) is 25.0 Å². The number of hydrogen-bond acceptors (Lipinski definition) is 4. The molecule has 1 aromatic rings. The van der Waals surface area contributed by atoms with E-state index >= 15 is 0 Å². The standard InChI is InChI=1S/C20H34N4O/c1-16-8-7-9-18(17(16)2)23-12-14-24(15-13-23)20(3,4)19(25)21-10-11-22(5)6/h7-9H,10-15H2,1-6H3,(H,21,25). The number of amides is 1. The Hall–Kier alpha value is -1.59. The second-order valence-electron chi connectivity index (χ2n) is 7.81. The number of rotatable bonds is 6. The van der Waals surface area contributed by atoms with Gasteiger partial charge in [-0.05, 0) is 59.0 Å². The maximum atomic E-state index is 12.6. The molecule has 0 bridgehead atoms. The van der Waals surface area contributed by atoms with Crippen molar-refractivity contribution in [3.8, 4) is 0 Å². The maximum absolute atomic E-state index is 12.6. The minimum atomic E-state index is -0.472. The van der Waals surface area contributed by atoms with E-state index in [0.29, 0.717) is 6.54 Å². The Kier molecular flexibility index (Phi) is 6.47. The van der Waals surface area contributed by atoms with Gasteiger partial charge in [-0.1, -0.05) is 12.1 Å². The van der Waals surface area contributed by atoms with Gasteiger partial charge in [0, 0.05) is 45.0 Å². The third kappa shape index (κ3) is 4.73. The van der Waals surface area contributed by atoms with Gasteiger partial charge in [-0.3, -0.25) is 9.69 Å². The van der Waals surface area contributed by atoms with Crippen molar-refractivity contribution in [2.75, 3.05) is 58.3 Å². The monoisotopic (exact) mass is 346 g/mol. The number of nitrogens with zero attached hydrogens (tertiary/aromatic N) is 3. The number of benzene rings is 1. The molecule has 1 heterocycles. The van der Waals surface area contributed by atoms with Gasteiger partial charge in [-0.25, -0.2) is 0 Å². The quantitative estimate of drug-likeness (QED) is 0.854. The van der Waals surface area contributed by atoms with E-state index in [9.17, 15) is 4.79 Å². The predicted molar refractivity (Wildman–Crippen MR) is 105 cm³/mol. The highest BCUT2D eigenvalue weighted by atomic mass is 16.2. The van der Waals surface area contributed by atoms with Crippen molar-refractivity contribution in [2.45, 2.75) is 33.2 Å². The molecule has 1 saturated heterocycles. The molecular weight excluding hydrogens is 312 g/mol. The molecule has 0 unspecified atom stereocenters. The Bertz CT molecular complexity index is 589. The highest BCUT2D eigenvalue weighted by Crippen LogP contribution is 2.25. The zero-order valence-corrected chi connectivity index (χ0v) is 16.7. The van der Waals surface area contributed by atoms with E-state index in [4.69, 9.17) is 0 Å². The molecule has 0 aliphatic carbocycles. The SMILES string of the molecule is Cc1cccc(N2CCN(C(C)(C)C(=O)NCCN(C)C)CC2)c1C. The van der Waals surface area contributed by atoms with Gasteiger partial charge in [0.05, 0.1) is 5.54 Å². The Morgan fingerprint density at radius 3 is 2.40 bits per heavy atom. The molecule has 1 aliphatic heterocycles. The molecule has 1 fully saturated rings. The molecule has 0 saturated carbocycles. The molecule has 2 rings (SSSR count). The van der Waals surface area contributed by atoms with Crippen molar-refractivity contribution in [1.82, 2.24) is 15.1 Å². The van der Waals surface area contributed by atoms with Crippen LogP contribution in [0, 0.1) is 13.8 Å². The predicted octanol–water partition coefficient (Wildman–Crippen LogP) is 1.88. The minimum Gasteiger partial charge on any atom is -0.369 e. The summed E-state index contributed by atoms with van der Waals surface area (Å²) in [7, 11) is 4.04. The first-order chi connectivity index (χ1) is 11.7. The molecule has 0 aromatic heterocycles. The topological polar surface area (TPSA) is 38.8 Å². The largest absolute Gasteiger partial charge is 0.369 e. The van der Waals surface area contributed by atoms with Crippen molar-refractivity contribution >= 4 is 11.6 Å². The minimum absolute atomic E-state index is 0.120. The third-order valence-electron chi connectivity index (χ3n) is 5.39. The van der Waals surface area contributed by atoms with E-state index in [1.165, 1.54) is 16.8 Å². The van der Waals surface area contributed by atoms with Crippen molar-refractivity contribution in [3.05, 3.63) is 29.3 Å². The summed E-state index contributed by atoms with van der Waals surface area (Å²) in [5.74, 6) is 0.120. The van der Waals surface area contributed by atoms with E-state index in [0.717, 1.165) is 32.7 Å². The van der Waals surface area contributed by atoms with Gasteiger partial charge in [0.15, 0.2) is 0 Å². The molecule has 5 heteroatoms. The highest BCUT2D eigenvalue weighted by molar-refractivity contribution is 5.85. The van der Waals surface area contributed by atoms with Crippen LogP contribution >= 0.6 is 0 Å². The molecule has 1 N–H and O–H groups in total. The highest BCUT2D eigenvalue weighted by Gasteiger charge is 2.36. The average Bonchev–Trinajstić information content (AvgIpc) is 2.57. The lowest BCUT2D eigenvalue weighted by atomic mass is 9.99. The molecular formula is C20H34N4O. The van der Waals surface area contributed by atoms with Gasteiger partial charge in [0.25, 0.3) is 0 Å². The van der Waals surface area contributed by atoms with Crippen LogP contribution in [0.5, 0.6) is 0 Å². The normalized spacial score (nSPS) is 16.4. The van der Waals surface area contributed by atoms with Crippen LogP contribution in [0.25, 0.3) is 0 Å². The second kappa shape index (κ2) is 8.19. The molecule has 1 aliphatic rings. The summed E-state index contributed by atoms with van der Waals surface area (Å²) in [6.07, 6.45) is 0. The Morgan fingerprint density at radius 2 is 1.80 bits per heavy atom. The fourth-order valence-electron chi connectivity index (χ4n) is 3.34. The molecule has 1 aromatic carbocycles. The van der Waals surface area contributed by atoms with Crippen LogP contribution < -0.4 is 10.2 Å². The molecule has 25 heavy (non-hydrogen) atoms. The molecule has 1 amide bonds. The Balaban J connectivity index is 1.94. The molecule has 140 valence electrons. The summed E-state index contributed by atoms with van der Waals surface area (Å²) < 4.78 is 0. The summed E-state index contributed by atoms with van der Waals surface area (Å²) in [5, 5.41) is 3.08. The van der Waals surface area contributed by atoms with E-state index in [1.54, 1.807) is 0 Å². The first kappa shape index (κ1) is 19.7. The summed E-state index contributed by atoms with van der Waals surface area (Å²) in [6.45, 7) is 13.7. The van der Waals surface area contributed by atoms with Gasteiger partial charge < -0.3 is 15.1 Å². The van der Waals surface area contributed by atoms with Crippen LogP contribution in [0.4, 0.5) is 5.69 Å². The molecule has 0 radical (unpaired) electrons.